The van der Waals surface area contributed by atoms with Crippen LogP contribution in [0.4, 0.5) is 0 Å². The second kappa shape index (κ2) is 16.4. The second-order valence-electron chi connectivity index (χ2n) is 10.3. The molecule has 0 aliphatic heterocycles. The van der Waals surface area contributed by atoms with Gasteiger partial charge in [0, 0.05) is 0 Å². The van der Waals surface area contributed by atoms with Crippen molar-refractivity contribution in [2.75, 3.05) is 6.61 Å². The van der Waals surface area contributed by atoms with Crippen LogP contribution in [0.15, 0.2) is 18.2 Å². The van der Waals surface area contributed by atoms with E-state index in [1.54, 1.807) is 20.8 Å². The average Bonchev–Trinajstić information content (AvgIpc) is 2.77. The second-order valence-corrected chi connectivity index (χ2v) is 12.0. The summed E-state index contributed by atoms with van der Waals surface area (Å²) in [6.45, 7) is 16.0. The van der Waals surface area contributed by atoms with E-state index in [9.17, 15) is 9.36 Å². The van der Waals surface area contributed by atoms with E-state index < -0.39 is 19.8 Å². The summed E-state index contributed by atoms with van der Waals surface area (Å²) in [5, 5.41) is 2.84. The molecule has 0 heterocycles. The van der Waals surface area contributed by atoms with Crippen molar-refractivity contribution in [1.29, 1.82) is 0 Å². The zero-order valence-corrected chi connectivity index (χ0v) is 24.3. The third-order valence-corrected chi connectivity index (χ3v) is 7.50. The van der Waals surface area contributed by atoms with Crippen LogP contribution in [0.1, 0.15) is 130 Å². The van der Waals surface area contributed by atoms with Gasteiger partial charge in [0.25, 0.3) is 0 Å². The SMILES string of the molecule is CCCCCCCCCCOP(=O)(N[C@@H](C)C(=O)OC(C)C)Oc1c(C(C)C)cccc1C(C)C. The summed E-state index contributed by atoms with van der Waals surface area (Å²) in [5.74, 6) is 0.441. The van der Waals surface area contributed by atoms with Crippen molar-refractivity contribution in [3.05, 3.63) is 29.3 Å². The summed E-state index contributed by atoms with van der Waals surface area (Å²) >= 11 is 0. The van der Waals surface area contributed by atoms with E-state index in [0.717, 1.165) is 30.4 Å². The molecule has 1 aromatic carbocycles. The lowest BCUT2D eigenvalue weighted by Gasteiger charge is -2.27. The molecule has 2 atom stereocenters. The number of para-hydroxylation sites is 1. The molecule has 0 aromatic heterocycles. The first-order valence-corrected chi connectivity index (χ1v) is 15.1. The standard InChI is InChI=1S/C28H50NO5P/c1-9-10-11-12-13-14-15-16-20-32-35(31,29-24(8)28(30)33-23(6)7)34-27-25(21(2)3)18-17-19-26(27)22(4)5/h17-19,21-24H,9-16,20H2,1-8H3,(H,29,31)/t24-,35?/m0/s1. The zero-order valence-electron chi connectivity index (χ0n) is 23.4. The maximum absolute atomic E-state index is 14.0. The highest BCUT2D eigenvalue weighted by molar-refractivity contribution is 7.52. The molecule has 35 heavy (non-hydrogen) atoms. The molecule has 6 nitrogen and oxygen atoms in total. The topological polar surface area (TPSA) is 73.9 Å². The van der Waals surface area contributed by atoms with Crippen LogP contribution in [0.2, 0.25) is 0 Å². The smallest absolute Gasteiger partial charge is 0.459 e. The van der Waals surface area contributed by atoms with Crippen molar-refractivity contribution in [3.8, 4) is 5.75 Å². The summed E-state index contributed by atoms with van der Waals surface area (Å²) in [5.41, 5.74) is 1.93. The average molecular weight is 512 g/mol. The first-order valence-electron chi connectivity index (χ1n) is 13.6. The Bertz CT molecular complexity index is 767. The highest BCUT2D eigenvalue weighted by Crippen LogP contribution is 2.49. The number of carbonyl (C=O) groups is 1. The van der Waals surface area contributed by atoms with Crippen molar-refractivity contribution < 1.29 is 23.1 Å². The van der Waals surface area contributed by atoms with E-state index in [1.165, 1.54) is 32.1 Å². The number of nitrogens with one attached hydrogen (secondary N) is 1. The van der Waals surface area contributed by atoms with Gasteiger partial charge in [0.1, 0.15) is 11.8 Å². The predicted molar refractivity (Wildman–Crippen MR) is 145 cm³/mol. The van der Waals surface area contributed by atoms with Crippen molar-refractivity contribution in [1.82, 2.24) is 5.09 Å². The number of hydrogen-bond donors (Lipinski definition) is 1. The number of ether oxygens (including phenoxy) is 1. The molecule has 0 fully saturated rings. The lowest BCUT2D eigenvalue weighted by Crippen LogP contribution is -2.36. The Morgan fingerprint density at radius 1 is 0.857 bits per heavy atom. The molecule has 1 rings (SSSR count). The number of esters is 1. The third kappa shape index (κ3) is 11.9. The Labute approximate surface area is 214 Å². The van der Waals surface area contributed by atoms with E-state index >= 15 is 0 Å². The van der Waals surface area contributed by atoms with Crippen LogP contribution in [-0.4, -0.2) is 24.7 Å². The van der Waals surface area contributed by atoms with E-state index in [1.807, 2.05) is 18.2 Å². The van der Waals surface area contributed by atoms with Crippen LogP contribution in [0.3, 0.4) is 0 Å². The van der Waals surface area contributed by atoms with Gasteiger partial charge in [-0.05, 0) is 50.2 Å². The fourth-order valence-electron chi connectivity index (χ4n) is 3.84. The van der Waals surface area contributed by atoms with Crippen molar-refractivity contribution in [3.63, 3.8) is 0 Å². The number of unbranched alkanes of at least 4 members (excludes halogenated alkanes) is 7. The maximum Gasteiger partial charge on any atom is 0.459 e. The quantitative estimate of drug-likeness (QED) is 0.121. The largest absolute Gasteiger partial charge is 0.462 e. The van der Waals surface area contributed by atoms with Gasteiger partial charge in [-0.3, -0.25) is 9.32 Å². The summed E-state index contributed by atoms with van der Waals surface area (Å²) in [7, 11) is -3.85. The van der Waals surface area contributed by atoms with Crippen molar-refractivity contribution in [2.24, 2.45) is 0 Å². The van der Waals surface area contributed by atoms with Crippen LogP contribution in [-0.2, 0) is 18.6 Å². The monoisotopic (exact) mass is 511 g/mol. The van der Waals surface area contributed by atoms with Crippen LogP contribution >= 0.6 is 7.75 Å². The Balaban J connectivity index is 2.98. The van der Waals surface area contributed by atoms with Gasteiger partial charge < -0.3 is 9.26 Å². The molecule has 0 saturated heterocycles. The molecule has 0 spiro atoms. The van der Waals surface area contributed by atoms with Gasteiger partial charge in [-0.1, -0.05) is 97.8 Å². The van der Waals surface area contributed by atoms with Crippen LogP contribution in [0.5, 0.6) is 5.75 Å². The highest BCUT2D eigenvalue weighted by Gasteiger charge is 2.34. The minimum atomic E-state index is -3.85. The molecule has 0 amide bonds. The molecule has 1 N–H and O–H groups in total. The summed E-state index contributed by atoms with van der Waals surface area (Å²) in [4.78, 5) is 12.4. The number of hydrogen-bond acceptors (Lipinski definition) is 5. The van der Waals surface area contributed by atoms with E-state index in [2.05, 4.69) is 39.7 Å². The Kier molecular flexibility index (Phi) is 14.8. The third-order valence-electron chi connectivity index (χ3n) is 5.85. The van der Waals surface area contributed by atoms with Crippen LogP contribution in [0.25, 0.3) is 0 Å². The Hall–Kier alpha value is -1.36. The molecule has 0 aliphatic rings. The molecular formula is C28H50NO5P. The minimum absolute atomic E-state index is 0.174. The molecule has 1 aromatic rings. The molecule has 202 valence electrons. The van der Waals surface area contributed by atoms with Crippen LogP contribution in [0, 0.1) is 0 Å². The highest BCUT2D eigenvalue weighted by atomic mass is 31.2. The number of benzene rings is 1. The lowest BCUT2D eigenvalue weighted by molar-refractivity contribution is -0.149. The van der Waals surface area contributed by atoms with Gasteiger partial charge >= 0.3 is 13.7 Å². The van der Waals surface area contributed by atoms with Gasteiger partial charge in [-0.15, -0.1) is 0 Å². The summed E-state index contributed by atoms with van der Waals surface area (Å²) in [6, 6.07) is 5.14. The number of rotatable bonds is 18. The Morgan fingerprint density at radius 3 is 1.86 bits per heavy atom. The number of carbonyl (C=O) groups excluding carboxylic acids is 1. The molecule has 0 radical (unpaired) electrons. The molecule has 0 bridgehead atoms. The fraction of sp³-hybridized carbons (Fsp3) is 0.750. The van der Waals surface area contributed by atoms with Gasteiger partial charge in [0.2, 0.25) is 0 Å². The van der Waals surface area contributed by atoms with E-state index in [4.69, 9.17) is 13.8 Å². The van der Waals surface area contributed by atoms with Crippen LogP contribution < -0.4 is 9.61 Å². The normalized spacial score (nSPS) is 14.4. The van der Waals surface area contributed by atoms with E-state index in [0.29, 0.717) is 12.4 Å². The van der Waals surface area contributed by atoms with Crippen molar-refractivity contribution in [2.45, 2.75) is 131 Å². The fourth-order valence-corrected chi connectivity index (χ4v) is 5.42. The zero-order chi connectivity index (χ0) is 26.4. The Morgan fingerprint density at radius 2 is 1.37 bits per heavy atom. The predicted octanol–water partition coefficient (Wildman–Crippen LogP) is 8.51. The molecule has 0 aliphatic carbocycles. The first kappa shape index (κ1) is 31.7. The maximum atomic E-state index is 14.0. The summed E-state index contributed by atoms with van der Waals surface area (Å²) < 4.78 is 31.4. The van der Waals surface area contributed by atoms with Crippen molar-refractivity contribution >= 4 is 13.7 Å². The molecule has 1 unspecified atom stereocenters. The van der Waals surface area contributed by atoms with E-state index in [-0.39, 0.29) is 17.9 Å². The molecule has 7 heteroatoms. The summed E-state index contributed by atoms with van der Waals surface area (Å²) in [6.07, 6.45) is 8.98. The van der Waals surface area contributed by atoms with Gasteiger partial charge in [0.15, 0.2) is 0 Å². The van der Waals surface area contributed by atoms with Gasteiger partial charge in [-0.2, -0.15) is 5.09 Å². The minimum Gasteiger partial charge on any atom is -0.462 e. The van der Waals surface area contributed by atoms with Gasteiger partial charge in [-0.25, -0.2) is 4.57 Å². The lowest BCUT2D eigenvalue weighted by atomic mass is 9.94. The van der Waals surface area contributed by atoms with Gasteiger partial charge in [0.05, 0.1) is 12.7 Å². The molecular weight excluding hydrogens is 461 g/mol. The first-order chi connectivity index (χ1) is 16.5. The molecule has 0 saturated carbocycles.